The van der Waals surface area contributed by atoms with Crippen molar-refractivity contribution in [2.45, 2.75) is 53.4 Å². The van der Waals surface area contributed by atoms with Gasteiger partial charge in [-0.2, -0.15) is 5.26 Å². The van der Waals surface area contributed by atoms with Crippen molar-refractivity contribution in [1.82, 2.24) is 9.97 Å². The number of nitrogens with two attached hydrogens (primary N) is 1. The molecule has 0 radical (unpaired) electrons. The number of hydrogen-bond acceptors (Lipinski definition) is 8. The maximum absolute atomic E-state index is 15.2. The summed E-state index contributed by atoms with van der Waals surface area (Å²) >= 11 is 1.10. The molecule has 0 amide bonds. The first-order valence-corrected chi connectivity index (χ1v) is 14.1. The predicted octanol–water partition coefficient (Wildman–Crippen LogP) is 5.05. The van der Waals surface area contributed by atoms with Crippen LogP contribution in [0.5, 0.6) is 0 Å². The van der Waals surface area contributed by atoms with Gasteiger partial charge in [-0.1, -0.05) is 25.5 Å². The van der Waals surface area contributed by atoms with Crippen LogP contribution in [0, 0.1) is 17.2 Å². The molecule has 5 rings (SSSR count). The van der Waals surface area contributed by atoms with Crippen LogP contribution in [0.25, 0.3) is 22.3 Å². The number of fused-ring (bicyclic) bond motifs is 3. The monoisotopic (exact) mass is 551 g/mol. The lowest BCUT2D eigenvalue weighted by atomic mass is 9.85. The van der Waals surface area contributed by atoms with Gasteiger partial charge in [0.2, 0.25) is 5.95 Å². The molecule has 2 aromatic heterocycles. The summed E-state index contributed by atoms with van der Waals surface area (Å²) in [7, 11) is 2.84. The number of thiophene rings is 1. The molecule has 2 aliphatic heterocycles. The molecule has 3 atom stereocenters. The van der Waals surface area contributed by atoms with Crippen LogP contribution >= 0.6 is 20.6 Å². The maximum Gasteiger partial charge on any atom is 0.225 e. The number of halogens is 1. The summed E-state index contributed by atoms with van der Waals surface area (Å²) in [6, 6.07) is 2.23. The summed E-state index contributed by atoms with van der Waals surface area (Å²) in [5.41, 5.74) is 12.5. The molecule has 3 aromatic rings. The van der Waals surface area contributed by atoms with E-state index in [0.29, 0.717) is 54.1 Å². The zero-order valence-corrected chi connectivity index (χ0v) is 23.9. The van der Waals surface area contributed by atoms with E-state index in [9.17, 15) is 10.4 Å². The van der Waals surface area contributed by atoms with E-state index in [1.807, 2.05) is 31.9 Å². The molecule has 0 saturated carbocycles. The standard InChI is InChI=1S/C28H31FN5O2PS/c1-5-13(3)21(23-15(7-30)27(31)38-26(23)19(29)6-2)22-18-12-36-11-17(18)16-8-32-28(33-24(16)25(22)37)34-9-14(4)20(35)10-34/h6,8,14,20,35H,5,9-12,31,37H2,1-4H3/b19-6+,21-13?. The highest BCUT2D eigenvalue weighted by atomic mass is 32.1. The molecule has 3 unspecified atom stereocenters. The van der Waals surface area contributed by atoms with Crippen molar-refractivity contribution >= 4 is 59.1 Å². The molecule has 4 heterocycles. The van der Waals surface area contributed by atoms with Crippen LogP contribution in [-0.2, 0) is 18.0 Å². The van der Waals surface area contributed by atoms with Crippen molar-refractivity contribution in [3.63, 3.8) is 0 Å². The summed E-state index contributed by atoms with van der Waals surface area (Å²) in [6.07, 6.45) is 3.50. The number of aliphatic hydroxyl groups is 1. The Balaban J connectivity index is 1.83. The van der Waals surface area contributed by atoms with Gasteiger partial charge in [0, 0.05) is 41.5 Å². The van der Waals surface area contributed by atoms with E-state index in [1.165, 1.54) is 6.08 Å². The third-order valence-electron chi connectivity index (χ3n) is 7.61. The highest BCUT2D eigenvalue weighted by Crippen LogP contribution is 2.46. The smallest absolute Gasteiger partial charge is 0.225 e. The predicted molar refractivity (Wildman–Crippen MR) is 155 cm³/mol. The Morgan fingerprint density at radius 3 is 2.74 bits per heavy atom. The number of rotatable bonds is 5. The first-order chi connectivity index (χ1) is 18.2. The van der Waals surface area contributed by atoms with Crippen LogP contribution in [0.3, 0.4) is 0 Å². The van der Waals surface area contributed by atoms with E-state index >= 15 is 4.39 Å². The van der Waals surface area contributed by atoms with Crippen molar-refractivity contribution in [1.29, 1.82) is 5.26 Å². The quantitative estimate of drug-likeness (QED) is 0.427. The number of nitrogen functional groups attached to an aromatic ring is 1. The van der Waals surface area contributed by atoms with Gasteiger partial charge in [0.15, 0.2) is 0 Å². The molecule has 38 heavy (non-hydrogen) atoms. The van der Waals surface area contributed by atoms with Crippen molar-refractivity contribution in [2.75, 3.05) is 23.7 Å². The topological polar surface area (TPSA) is 108 Å². The first kappa shape index (κ1) is 26.7. The highest BCUT2D eigenvalue weighted by Gasteiger charge is 2.33. The van der Waals surface area contributed by atoms with E-state index in [0.717, 1.165) is 55.4 Å². The normalized spacial score (nSPS) is 20.2. The summed E-state index contributed by atoms with van der Waals surface area (Å²) in [4.78, 5) is 12.0. The lowest BCUT2D eigenvalue weighted by Gasteiger charge is -2.22. The Morgan fingerprint density at radius 2 is 2.11 bits per heavy atom. The molecule has 0 spiro atoms. The second-order valence-corrected chi connectivity index (χ2v) is 11.6. The molecule has 198 valence electrons. The van der Waals surface area contributed by atoms with Crippen molar-refractivity contribution in [3.8, 4) is 6.07 Å². The lowest BCUT2D eigenvalue weighted by molar-refractivity contribution is 0.135. The number of allylic oxidation sites excluding steroid dienone is 2. The molecule has 1 saturated heterocycles. The van der Waals surface area contributed by atoms with Gasteiger partial charge < -0.3 is 20.5 Å². The number of ether oxygens (including phenoxy) is 1. The van der Waals surface area contributed by atoms with Gasteiger partial charge in [-0.25, -0.2) is 14.4 Å². The number of aliphatic hydroxyl groups excluding tert-OH is 1. The molecule has 0 bridgehead atoms. The minimum atomic E-state index is -0.427. The highest BCUT2D eigenvalue weighted by molar-refractivity contribution is 7.28. The van der Waals surface area contributed by atoms with Gasteiger partial charge in [0.1, 0.15) is 16.9 Å². The molecule has 3 N–H and O–H groups in total. The van der Waals surface area contributed by atoms with Crippen molar-refractivity contribution in [2.24, 2.45) is 5.92 Å². The maximum atomic E-state index is 15.2. The SMILES string of the molecule is C/C=C(/F)c1sc(N)c(C#N)c1C(=C(C)CC)c1c2c(c3cnc(N4CC(C)C(O)C4)nc3c1P)COC2. The second-order valence-electron chi connectivity index (χ2n) is 9.92. The summed E-state index contributed by atoms with van der Waals surface area (Å²) < 4.78 is 21.2. The van der Waals surface area contributed by atoms with Crippen LogP contribution in [-0.4, -0.2) is 34.3 Å². The number of hydrogen-bond donors (Lipinski definition) is 2. The largest absolute Gasteiger partial charge is 0.391 e. The molecular formula is C28H31FN5O2PS. The van der Waals surface area contributed by atoms with Gasteiger partial charge >= 0.3 is 0 Å². The van der Waals surface area contributed by atoms with Crippen LogP contribution in [0.2, 0.25) is 0 Å². The average molecular weight is 552 g/mol. The molecule has 2 aliphatic rings. The van der Waals surface area contributed by atoms with Gasteiger partial charge in [0.25, 0.3) is 0 Å². The Bertz CT molecular complexity index is 1550. The van der Waals surface area contributed by atoms with E-state index in [2.05, 4.69) is 20.3 Å². The average Bonchev–Trinajstić information content (AvgIpc) is 3.62. The third-order valence-corrected chi connectivity index (χ3v) is 9.20. The number of aromatic nitrogens is 2. The number of nitriles is 1. The van der Waals surface area contributed by atoms with Gasteiger partial charge in [0.05, 0.1) is 35.3 Å². The zero-order chi connectivity index (χ0) is 27.3. The van der Waals surface area contributed by atoms with E-state index < -0.39 is 11.9 Å². The third kappa shape index (κ3) is 4.20. The molecule has 10 heteroatoms. The fraction of sp³-hybridized carbons (Fsp3) is 0.393. The number of anilines is 2. The molecule has 0 aliphatic carbocycles. The summed E-state index contributed by atoms with van der Waals surface area (Å²) in [5.74, 6) is 0.277. The second kappa shape index (κ2) is 10.3. The van der Waals surface area contributed by atoms with Gasteiger partial charge in [-0.3, -0.25) is 0 Å². The van der Waals surface area contributed by atoms with E-state index in [1.54, 1.807) is 6.92 Å². The van der Waals surface area contributed by atoms with Crippen LogP contribution in [0.4, 0.5) is 15.3 Å². The van der Waals surface area contributed by atoms with Gasteiger partial charge in [-0.15, -0.1) is 20.6 Å². The Kier molecular flexibility index (Phi) is 7.27. The van der Waals surface area contributed by atoms with Crippen LogP contribution in [0.1, 0.15) is 66.8 Å². The molecule has 7 nitrogen and oxygen atoms in total. The molecular weight excluding hydrogens is 520 g/mol. The Morgan fingerprint density at radius 1 is 1.37 bits per heavy atom. The lowest BCUT2D eigenvalue weighted by Crippen LogP contribution is -2.24. The summed E-state index contributed by atoms with van der Waals surface area (Å²) in [5, 5.41) is 22.4. The van der Waals surface area contributed by atoms with Gasteiger partial charge in [-0.05, 0) is 42.5 Å². The van der Waals surface area contributed by atoms with Crippen molar-refractivity contribution < 1.29 is 14.2 Å². The summed E-state index contributed by atoms with van der Waals surface area (Å²) in [6.45, 7) is 9.66. The van der Waals surface area contributed by atoms with Crippen molar-refractivity contribution in [3.05, 3.63) is 50.5 Å². The van der Waals surface area contributed by atoms with E-state index in [-0.39, 0.29) is 11.5 Å². The van der Waals surface area contributed by atoms with E-state index in [4.69, 9.17) is 15.5 Å². The minimum absolute atomic E-state index is 0.129. The fourth-order valence-electron chi connectivity index (χ4n) is 5.35. The van der Waals surface area contributed by atoms with Crippen LogP contribution < -0.4 is 15.9 Å². The van der Waals surface area contributed by atoms with Crippen LogP contribution in [0.15, 0.2) is 17.8 Å². The zero-order valence-electron chi connectivity index (χ0n) is 21.9. The number of nitrogens with zero attached hydrogens (tertiary/aromatic N) is 4. The minimum Gasteiger partial charge on any atom is -0.391 e. The molecule has 1 aromatic carbocycles. The number of benzene rings is 1. The Hall–Kier alpha value is -2.89. The number of β-amino-alcohol motifs (C(OH)–C–C–N with tert-alkyl or cyclic N) is 1. The fourth-order valence-corrected chi connectivity index (χ4v) is 6.88. The molecule has 1 fully saturated rings. The Labute approximate surface area is 228 Å². The first-order valence-electron chi connectivity index (χ1n) is 12.7.